The lowest BCUT2D eigenvalue weighted by Gasteiger charge is -2.20. The monoisotopic (exact) mass is 313 g/mol. The molecule has 1 aliphatic heterocycles. The van der Waals surface area contributed by atoms with Gasteiger partial charge in [-0.3, -0.25) is 0 Å². The smallest absolute Gasteiger partial charge is 0.246 e. The summed E-state index contributed by atoms with van der Waals surface area (Å²) in [5, 5.41) is 8.31. The fourth-order valence-corrected chi connectivity index (χ4v) is 2.36. The van der Waals surface area contributed by atoms with Gasteiger partial charge >= 0.3 is 0 Å². The van der Waals surface area contributed by atoms with Gasteiger partial charge in [0.15, 0.2) is 5.82 Å². The third-order valence-electron chi connectivity index (χ3n) is 3.05. The van der Waals surface area contributed by atoms with Gasteiger partial charge < -0.3 is 14.6 Å². The number of halogens is 2. The van der Waals surface area contributed by atoms with Crippen LogP contribution in [-0.4, -0.2) is 29.9 Å². The molecular weight excluding hydrogens is 301 g/mol. The van der Waals surface area contributed by atoms with Crippen LogP contribution in [0.5, 0.6) is 0 Å². The Bertz CT molecular complexity index is 597. The van der Waals surface area contributed by atoms with Gasteiger partial charge in [0.1, 0.15) is 6.04 Å². The standard InChI is InChI=1S/C13H13Cl2N3O2/c14-9-2-1-8(5-10(9)15)6-12-17-13(20-18-12)11-7-19-4-3-16-11/h1-2,5,11,16H,3-4,6-7H2. The zero-order valence-corrected chi connectivity index (χ0v) is 12.1. The number of ether oxygens (including phenoxy) is 1. The molecule has 3 rings (SSSR count). The Morgan fingerprint density at radius 1 is 1.30 bits per heavy atom. The number of morpholine rings is 1. The largest absolute Gasteiger partial charge is 0.378 e. The second kappa shape index (κ2) is 6.10. The minimum atomic E-state index is -0.0289. The molecule has 0 aliphatic carbocycles. The van der Waals surface area contributed by atoms with Crippen molar-refractivity contribution in [2.75, 3.05) is 19.8 Å². The van der Waals surface area contributed by atoms with Crippen LogP contribution in [0, 0.1) is 0 Å². The number of aromatic nitrogens is 2. The second-order valence-electron chi connectivity index (χ2n) is 4.56. The normalized spacial score (nSPS) is 19.2. The first-order valence-corrected chi connectivity index (χ1v) is 7.05. The lowest BCUT2D eigenvalue weighted by atomic mass is 10.1. The predicted molar refractivity (Wildman–Crippen MR) is 75.1 cm³/mol. The average molecular weight is 314 g/mol. The molecule has 1 aromatic heterocycles. The molecule has 1 N–H and O–H groups in total. The molecule has 5 nitrogen and oxygen atoms in total. The van der Waals surface area contributed by atoms with E-state index in [0.717, 1.165) is 12.1 Å². The Kier molecular flexibility index (Phi) is 4.21. The highest BCUT2D eigenvalue weighted by molar-refractivity contribution is 6.42. The third-order valence-corrected chi connectivity index (χ3v) is 3.79. The molecule has 0 amide bonds. The third kappa shape index (κ3) is 3.12. The summed E-state index contributed by atoms with van der Waals surface area (Å²) < 4.78 is 10.6. The van der Waals surface area contributed by atoms with Crippen molar-refractivity contribution in [1.29, 1.82) is 0 Å². The van der Waals surface area contributed by atoms with Crippen LogP contribution in [0.25, 0.3) is 0 Å². The topological polar surface area (TPSA) is 60.2 Å². The molecule has 2 heterocycles. The van der Waals surface area contributed by atoms with E-state index in [0.29, 0.717) is 41.4 Å². The van der Waals surface area contributed by atoms with Crippen LogP contribution in [-0.2, 0) is 11.2 Å². The molecule has 0 spiro atoms. The van der Waals surface area contributed by atoms with Crippen LogP contribution in [0.3, 0.4) is 0 Å². The highest BCUT2D eigenvalue weighted by atomic mass is 35.5. The number of nitrogens with zero attached hydrogens (tertiary/aromatic N) is 2. The van der Waals surface area contributed by atoms with Crippen molar-refractivity contribution in [2.45, 2.75) is 12.5 Å². The van der Waals surface area contributed by atoms with Gasteiger partial charge in [0.25, 0.3) is 0 Å². The molecule has 0 bridgehead atoms. The zero-order valence-electron chi connectivity index (χ0n) is 10.6. The van der Waals surface area contributed by atoms with Crippen molar-refractivity contribution < 1.29 is 9.26 Å². The quantitative estimate of drug-likeness (QED) is 0.944. The van der Waals surface area contributed by atoms with Gasteiger partial charge in [-0.1, -0.05) is 34.4 Å². The number of hydrogen-bond donors (Lipinski definition) is 1. The summed E-state index contributed by atoms with van der Waals surface area (Å²) in [6, 6.07) is 5.43. The van der Waals surface area contributed by atoms with Crippen molar-refractivity contribution in [3.63, 3.8) is 0 Å². The first-order valence-electron chi connectivity index (χ1n) is 6.30. The van der Waals surface area contributed by atoms with Crippen molar-refractivity contribution >= 4 is 23.2 Å². The molecule has 1 aliphatic rings. The maximum Gasteiger partial charge on any atom is 0.246 e. The molecule has 1 aromatic carbocycles. The Morgan fingerprint density at radius 3 is 2.95 bits per heavy atom. The molecule has 20 heavy (non-hydrogen) atoms. The van der Waals surface area contributed by atoms with Gasteiger partial charge in [-0.2, -0.15) is 4.98 Å². The Morgan fingerprint density at radius 2 is 2.20 bits per heavy atom. The molecule has 7 heteroatoms. The number of hydrogen-bond acceptors (Lipinski definition) is 5. The SMILES string of the molecule is Clc1ccc(Cc2noc(C3COCCN3)n2)cc1Cl. The lowest BCUT2D eigenvalue weighted by molar-refractivity contribution is 0.0659. The van der Waals surface area contributed by atoms with E-state index < -0.39 is 0 Å². The van der Waals surface area contributed by atoms with Gasteiger partial charge in [-0.15, -0.1) is 0 Å². The summed E-state index contributed by atoms with van der Waals surface area (Å²) in [5.74, 6) is 1.17. The number of rotatable bonds is 3. The van der Waals surface area contributed by atoms with Crippen LogP contribution in [0.15, 0.2) is 22.7 Å². The highest BCUT2D eigenvalue weighted by Crippen LogP contribution is 2.23. The first-order chi connectivity index (χ1) is 9.72. The van der Waals surface area contributed by atoms with Crippen molar-refractivity contribution in [3.05, 3.63) is 45.5 Å². The fraction of sp³-hybridized carbons (Fsp3) is 0.385. The van der Waals surface area contributed by atoms with Crippen LogP contribution in [0.2, 0.25) is 10.0 Å². The fourth-order valence-electron chi connectivity index (χ4n) is 2.04. The molecule has 1 saturated heterocycles. The molecule has 1 fully saturated rings. The summed E-state index contributed by atoms with van der Waals surface area (Å²) in [7, 11) is 0. The molecule has 106 valence electrons. The highest BCUT2D eigenvalue weighted by Gasteiger charge is 2.21. The summed E-state index contributed by atoms with van der Waals surface area (Å²) in [6.07, 6.45) is 0.550. The van der Waals surface area contributed by atoms with Crippen LogP contribution >= 0.6 is 23.2 Å². The van der Waals surface area contributed by atoms with Crippen LogP contribution in [0.4, 0.5) is 0 Å². The minimum absolute atomic E-state index is 0.0289. The number of benzene rings is 1. The van der Waals surface area contributed by atoms with E-state index in [1.54, 1.807) is 6.07 Å². The van der Waals surface area contributed by atoms with E-state index in [4.69, 9.17) is 32.5 Å². The average Bonchev–Trinajstić information content (AvgIpc) is 2.92. The van der Waals surface area contributed by atoms with Crippen molar-refractivity contribution in [2.24, 2.45) is 0 Å². The predicted octanol–water partition coefficient (Wildman–Crippen LogP) is 2.63. The van der Waals surface area contributed by atoms with E-state index >= 15 is 0 Å². The molecular formula is C13H13Cl2N3O2. The van der Waals surface area contributed by atoms with E-state index in [9.17, 15) is 0 Å². The zero-order chi connectivity index (χ0) is 13.9. The van der Waals surface area contributed by atoms with Crippen LogP contribution < -0.4 is 5.32 Å². The van der Waals surface area contributed by atoms with Gasteiger partial charge in [-0.05, 0) is 17.7 Å². The minimum Gasteiger partial charge on any atom is -0.378 e. The molecule has 2 aromatic rings. The maximum atomic E-state index is 5.98. The Labute approximate surface area is 126 Å². The van der Waals surface area contributed by atoms with Crippen LogP contribution in [0.1, 0.15) is 23.3 Å². The molecule has 0 saturated carbocycles. The van der Waals surface area contributed by atoms with E-state index in [2.05, 4.69) is 15.5 Å². The second-order valence-corrected chi connectivity index (χ2v) is 5.37. The summed E-state index contributed by atoms with van der Waals surface area (Å²) >= 11 is 11.9. The summed E-state index contributed by atoms with van der Waals surface area (Å²) in [5.41, 5.74) is 0.986. The molecule has 0 radical (unpaired) electrons. The van der Waals surface area contributed by atoms with Crippen molar-refractivity contribution in [1.82, 2.24) is 15.5 Å². The summed E-state index contributed by atoms with van der Waals surface area (Å²) in [4.78, 5) is 4.38. The Hall–Kier alpha value is -1.14. The van der Waals surface area contributed by atoms with E-state index in [1.165, 1.54) is 0 Å². The molecule has 1 unspecified atom stereocenters. The van der Waals surface area contributed by atoms with Gasteiger partial charge in [0, 0.05) is 13.0 Å². The van der Waals surface area contributed by atoms with Gasteiger partial charge in [-0.25, -0.2) is 0 Å². The van der Waals surface area contributed by atoms with E-state index in [1.807, 2.05) is 12.1 Å². The number of nitrogens with one attached hydrogen (secondary N) is 1. The maximum absolute atomic E-state index is 5.98. The van der Waals surface area contributed by atoms with Crippen molar-refractivity contribution in [3.8, 4) is 0 Å². The molecule has 1 atom stereocenters. The first kappa shape index (κ1) is 13.8. The lowest BCUT2D eigenvalue weighted by Crippen LogP contribution is -2.34. The summed E-state index contributed by atoms with van der Waals surface area (Å²) in [6.45, 7) is 2.05. The van der Waals surface area contributed by atoms with Gasteiger partial charge in [0.2, 0.25) is 5.89 Å². The van der Waals surface area contributed by atoms with E-state index in [-0.39, 0.29) is 6.04 Å². The Balaban J connectivity index is 1.71. The van der Waals surface area contributed by atoms with Gasteiger partial charge in [0.05, 0.1) is 23.3 Å².